The minimum atomic E-state index is 0.822. The van der Waals surface area contributed by atoms with Crippen LogP contribution in [0.3, 0.4) is 0 Å². The molecule has 0 aliphatic rings. The molecule has 0 unspecified atom stereocenters. The first kappa shape index (κ1) is 18.5. The van der Waals surface area contributed by atoms with Crippen molar-refractivity contribution in [2.75, 3.05) is 19.6 Å². The van der Waals surface area contributed by atoms with Gasteiger partial charge in [-0.2, -0.15) is 5.10 Å². The average Bonchev–Trinajstić information content (AvgIpc) is 2.81. The molecule has 0 fully saturated rings. The Morgan fingerprint density at radius 3 is 2.59 bits per heavy atom. The van der Waals surface area contributed by atoms with E-state index in [0.717, 1.165) is 44.3 Å². The number of guanidine groups is 1. The molecule has 0 aromatic carbocycles. The van der Waals surface area contributed by atoms with E-state index in [2.05, 4.69) is 52.2 Å². The highest BCUT2D eigenvalue weighted by atomic mass is 15.3. The van der Waals surface area contributed by atoms with Crippen molar-refractivity contribution < 1.29 is 0 Å². The van der Waals surface area contributed by atoms with Crippen LogP contribution in [0.4, 0.5) is 0 Å². The molecule has 0 saturated carbocycles. The average molecular weight is 307 g/mol. The standard InChI is InChI=1S/C17H33N5/c1-5-7-8-9-11-19-17(18-6-2)20-12-10-13-22-16(4)14-15(3)21-22/h14H,5-13H2,1-4H3,(H2,18,19,20). The molecule has 1 heterocycles. The Hall–Kier alpha value is -1.52. The van der Waals surface area contributed by atoms with Gasteiger partial charge in [0, 0.05) is 31.9 Å². The van der Waals surface area contributed by atoms with Crippen LogP contribution in [0.25, 0.3) is 0 Å². The molecule has 0 aliphatic heterocycles. The SMILES string of the molecule is CCCCCCNC(=NCCCn1nc(C)cc1C)NCC. The maximum absolute atomic E-state index is 4.64. The molecule has 0 radical (unpaired) electrons. The summed E-state index contributed by atoms with van der Waals surface area (Å²) >= 11 is 0. The Morgan fingerprint density at radius 1 is 1.14 bits per heavy atom. The van der Waals surface area contributed by atoms with Crippen molar-refractivity contribution in [2.24, 2.45) is 4.99 Å². The smallest absolute Gasteiger partial charge is 0.191 e. The lowest BCUT2D eigenvalue weighted by molar-refractivity contribution is 0.566. The van der Waals surface area contributed by atoms with Gasteiger partial charge in [0.2, 0.25) is 0 Å². The van der Waals surface area contributed by atoms with E-state index in [1.54, 1.807) is 0 Å². The monoisotopic (exact) mass is 307 g/mol. The van der Waals surface area contributed by atoms with Crippen LogP contribution >= 0.6 is 0 Å². The first-order valence-corrected chi connectivity index (χ1v) is 8.70. The predicted octanol–water partition coefficient (Wildman–Crippen LogP) is 3.03. The van der Waals surface area contributed by atoms with E-state index in [9.17, 15) is 0 Å². The number of aryl methyl sites for hydroxylation is 3. The van der Waals surface area contributed by atoms with Crippen molar-refractivity contribution in [2.45, 2.75) is 66.3 Å². The van der Waals surface area contributed by atoms with Crippen LogP contribution in [0.1, 0.15) is 57.3 Å². The van der Waals surface area contributed by atoms with Crippen molar-refractivity contribution in [1.29, 1.82) is 0 Å². The summed E-state index contributed by atoms with van der Waals surface area (Å²) in [6.45, 7) is 12.1. The zero-order valence-electron chi connectivity index (χ0n) is 14.8. The second-order valence-corrected chi connectivity index (χ2v) is 5.75. The lowest BCUT2D eigenvalue weighted by Crippen LogP contribution is -2.37. The largest absolute Gasteiger partial charge is 0.357 e. The Kier molecular flexibility index (Phi) is 9.35. The van der Waals surface area contributed by atoms with Gasteiger partial charge < -0.3 is 10.6 Å². The molecule has 5 nitrogen and oxygen atoms in total. The van der Waals surface area contributed by atoms with Crippen molar-refractivity contribution in [3.63, 3.8) is 0 Å². The van der Waals surface area contributed by atoms with Gasteiger partial charge in [0.1, 0.15) is 0 Å². The number of hydrogen-bond donors (Lipinski definition) is 2. The van der Waals surface area contributed by atoms with Crippen molar-refractivity contribution in [3.8, 4) is 0 Å². The first-order valence-electron chi connectivity index (χ1n) is 8.70. The second-order valence-electron chi connectivity index (χ2n) is 5.75. The highest BCUT2D eigenvalue weighted by molar-refractivity contribution is 5.79. The highest BCUT2D eigenvalue weighted by Gasteiger charge is 2.00. The third kappa shape index (κ3) is 7.48. The van der Waals surface area contributed by atoms with E-state index in [4.69, 9.17) is 0 Å². The Bertz CT molecular complexity index is 436. The van der Waals surface area contributed by atoms with Crippen LogP contribution in [-0.4, -0.2) is 35.4 Å². The van der Waals surface area contributed by atoms with Crippen LogP contribution in [0.2, 0.25) is 0 Å². The summed E-state index contributed by atoms with van der Waals surface area (Å²) in [7, 11) is 0. The maximum Gasteiger partial charge on any atom is 0.191 e. The zero-order chi connectivity index (χ0) is 16.2. The van der Waals surface area contributed by atoms with Crippen LogP contribution in [-0.2, 0) is 6.54 Å². The van der Waals surface area contributed by atoms with Gasteiger partial charge in [-0.3, -0.25) is 9.67 Å². The quantitative estimate of drug-likeness (QED) is 0.397. The van der Waals surface area contributed by atoms with E-state index in [-0.39, 0.29) is 0 Å². The van der Waals surface area contributed by atoms with Crippen LogP contribution < -0.4 is 10.6 Å². The number of unbranched alkanes of at least 4 members (excludes halogenated alkanes) is 3. The molecule has 1 aromatic rings. The molecule has 1 aromatic heterocycles. The van der Waals surface area contributed by atoms with Crippen LogP contribution in [0, 0.1) is 13.8 Å². The summed E-state index contributed by atoms with van der Waals surface area (Å²) in [5, 5.41) is 11.2. The van der Waals surface area contributed by atoms with E-state index in [1.165, 1.54) is 31.4 Å². The molecule has 0 atom stereocenters. The zero-order valence-corrected chi connectivity index (χ0v) is 14.8. The second kappa shape index (κ2) is 11.1. The first-order chi connectivity index (χ1) is 10.7. The summed E-state index contributed by atoms with van der Waals surface area (Å²) in [5.74, 6) is 0.937. The van der Waals surface area contributed by atoms with Crippen LogP contribution in [0.15, 0.2) is 11.1 Å². The topological polar surface area (TPSA) is 54.2 Å². The molecule has 2 N–H and O–H groups in total. The number of hydrogen-bond acceptors (Lipinski definition) is 2. The lowest BCUT2D eigenvalue weighted by atomic mass is 10.2. The minimum absolute atomic E-state index is 0.822. The molecule has 22 heavy (non-hydrogen) atoms. The van der Waals surface area contributed by atoms with E-state index < -0.39 is 0 Å². The number of aliphatic imine (C=N–C) groups is 1. The molecule has 126 valence electrons. The van der Waals surface area contributed by atoms with Crippen molar-refractivity contribution in [3.05, 3.63) is 17.5 Å². The minimum Gasteiger partial charge on any atom is -0.357 e. The van der Waals surface area contributed by atoms with E-state index in [1.807, 2.05) is 6.92 Å². The fourth-order valence-corrected chi connectivity index (χ4v) is 2.41. The third-order valence-corrected chi connectivity index (χ3v) is 3.57. The Morgan fingerprint density at radius 2 is 1.95 bits per heavy atom. The fourth-order valence-electron chi connectivity index (χ4n) is 2.41. The van der Waals surface area contributed by atoms with Gasteiger partial charge >= 0.3 is 0 Å². The summed E-state index contributed by atoms with van der Waals surface area (Å²) in [4.78, 5) is 4.64. The van der Waals surface area contributed by atoms with Gasteiger partial charge in [0.05, 0.1) is 5.69 Å². The number of nitrogens with one attached hydrogen (secondary N) is 2. The summed E-state index contributed by atoms with van der Waals surface area (Å²) in [6.07, 6.45) is 6.11. The fraction of sp³-hybridized carbons (Fsp3) is 0.765. The van der Waals surface area contributed by atoms with Crippen LogP contribution in [0.5, 0.6) is 0 Å². The molecule has 0 saturated heterocycles. The van der Waals surface area contributed by atoms with Gasteiger partial charge in [-0.25, -0.2) is 0 Å². The van der Waals surface area contributed by atoms with Gasteiger partial charge in [-0.1, -0.05) is 26.2 Å². The Balaban J connectivity index is 2.27. The molecule has 0 aliphatic carbocycles. The molecule has 0 spiro atoms. The molecule has 1 rings (SSSR count). The van der Waals surface area contributed by atoms with E-state index >= 15 is 0 Å². The molecular weight excluding hydrogens is 274 g/mol. The lowest BCUT2D eigenvalue weighted by Gasteiger charge is -2.11. The number of aromatic nitrogens is 2. The van der Waals surface area contributed by atoms with Gasteiger partial charge in [0.15, 0.2) is 5.96 Å². The van der Waals surface area contributed by atoms with Gasteiger partial charge in [-0.15, -0.1) is 0 Å². The third-order valence-electron chi connectivity index (χ3n) is 3.57. The van der Waals surface area contributed by atoms with Crippen molar-refractivity contribution >= 4 is 5.96 Å². The van der Waals surface area contributed by atoms with Gasteiger partial charge in [-0.05, 0) is 39.7 Å². The maximum atomic E-state index is 4.64. The number of nitrogens with zero attached hydrogens (tertiary/aromatic N) is 3. The van der Waals surface area contributed by atoms with E-state index in [0.29, 0.717) is 0 Å². The predicted molar refractivity (Wildman–Crippen MR) is 94.4 cm³/mol. The summed E-state index contributed by atoms with van der Waals surface area (Å²) in [5.41, 5.74) is 2.31. The molecular formula is C17H33N5. The summed E-state index contributed by atoms with van der Waals surface area (Å²) in [6, 6.07) is 2.12. The molecule has 0 amide bonds. The van der Waals surface area contributed by atoms with Crippen molar-refractivity contribution in [1.82, 2.24) is 20.4 Å². The number of rotatable bonds is 10. The Labute approximate surface area is 135 Å². The summed E-state index contributed by atoms with van der Waals surface area (Å²) < 4.78 is 2.07. The molecule has 5 heteroatoms. The highest BCUT2D eigenvalue weighted by Crippen LogP contribution is 2.02. The molecule has 0 bridgehead atoms. The van der Waals surface area contributed by atoms with Gasteiger partial charge in [0.25, 0.3) is 0 Å². The normalized spacial score (nSPS) is 11.7.